The second-order valence-electron chi connectivity index (χ2n) is 6.99. The summed E-state index contributed by atoms with van der Waals surface area (Å²) < 4.78 is 9.88. The van der Waals surface area contributed by atoms with Crippen LogP contribution in [-0.4, -0.2) is 21.0 Å². The molecule has 0 amide bonds. The van der Waals surface area contributed by atoms with Crippen LogP contribution >= 0.6 is 0 Å². The van der Waals surface area contributed by atoms with Crippen molar-refractivity contribution in [2.45, 2.75) is 46.3 Å². The van der Waals surface area contributed by atoms with E-state index in [1.807, 2.05) is 29.3 Å². The number of ether oxygens (including phenoxy) is 1. The Morgan fingerprint density at radius 2 is 2.08 bits per heavy atom. The molecule has 3 aromatic rings. The number of nitriles is 1. The summed E-state index contributed by atoms with van der Waals surface area (Å²) in [5.74, 6) is 0.486. The lowest BCUT2D eigenvalue weighted by Crippen LogP contribution is -2.19. The first-order valence-electron chi connectivity index (χ1n) is 9.01. The maximum absolute atomic E-state index is 9.46. The van der Waals surface area contributed by atoms with Crippen LogP contribution in [0.15, 0.2) is 18.3 Å². The van der Waals surface area contributed by atoms with E-state index in [1.54, 1.807) is 0 Å². The van der Waals surface area contributed by atoms with Gasteiger partial charge in [-0.1, -0.05) is 6.07 Å². The summed E-state index contributed by atoms with van der Waals surface area (Å²) in [5, 5.41) is 15.1. The smallest absolute Gasteiger partial charge is 0.150 e. The third kappa shape index (κ3) is 2.31. The molecule has 2 aromatic heterocycles. The topological polar surface area (TPSA) is 81.8 Å². The quantitative estimate of drug-likeness (QED) is 0.760. The summed E-state index contributed by atoms with van der Waals surface area (Å²) in [6, 6.07) is 6.40. The lowest BCUT2D eigenvalue weighted by Gasteiger charge is -2.23. The Morgan fingerprint density at radius 3 is 2.73 bits per heavy atom. The van der Waals surface area contributed by atoms with E-state index >= 15 is 0 Å². The predicted octanol–water partition coefficient (Wildman–Crippen LogP) is 3.91. The number of rotatable bonds is 2. The van der Waals surface area contributed by atoms with Crippen LogP contribution in [0.2, 0.25) is 0 Å². The summed E-state index contributed by atoms with van der Waals surface area (Å²) in [4.78, 5) is 0. The molecular weight excluding hydrogens is 326 g/mol. The third-order valence-electron chi connectivity index (χ3n) is 5.47. The molecule has 1 aromatic carbocycles. The zero-order chi connectivity index (χ0) is 18.4. The minimum atomic E-state index is -0.0173. The SMILES string of the molecule is Cc1ccc2c(cnn2C2CCCCO2)c1-n1c(C)c(C)c(C#N)c1N. The van der Waals surface area contributed by atoms with E-state index in [-0.39, 0.29) is 6.23 Å². The van der Waals surface area contributed by atoms with Gasteiger partial charge in [-0.3, -0.25) is 4.57 Å². The monoisotopic (exact) mass is 349 g/mol. The molecule has 26 heavy (non-hydrogen) atoms. The van der Waals surface area contributed by atoms with Gasteiger partial charge in [0.1, 0.15) is 11.9 Å². The molecule has 1 saturated heterocycles. The van der Waals surface area contributed by atoms with Gasteiger partial charge in [-0.15, -0.1) is 0 Å². The van der Waals surface area contributed by atoms with E-state index in [1.165, 1.54) is 0 Å². The fourth-order valence-electron chi connectivity index (χ4n) is 3.92. The van der Waals surface area contributed by atoms with Crippen molar-refractivity contribution in [1.29, 1.82) is 5.26 Å². The first-order valence-corrected chi connectivity index (χ1v) is 9.01. The van der Waals surface area contributed by atoms with E-state index in [9.17, 15) is 5.26 Å². The molecule has 1 aliphatic rings. The average molecular weight is 349 g/mol. The molecule has 1 fully saturated rings. The molecule has 0 spiro atoms. The molecular formula is C20H23N5O. The highest BCUT2D eigenvalue weighted by molar-refractivity contribution is 5.90. The first-order chi connectivity index (χ1) is 12.5. The van der Waals surface area contributed by atoms with Crippen molar-refractivity contribution >= 4 is 16.7 Å². The summed E-state index contributed by atoms with van der Waals surface area (Å²) in [6.45, 7) is 6.78. The van der Waals surface area contributed by atoms with Gasteiger partial charge in [-0.2, -0.15) is 10.4 Å². The Balaban J connectivity index is 1.96. The highest BCUT2D eigenvalue weighted by atomic mass is 16.5. The number of fused-ring (bicyclic) bond motifs is 1. The molecule has 1 atom stereocenters. The molecule has 0 radical (unpaired) electrons. The van der Waals surface area contributed by atoms with Gasteiger partial charge >= 0.3 is 0 Å². The zero-order valence-corrected chi connectivity index (χ0v) is 15.4. The largest absolute Gasteiger partial charge is 0.384 e. The van der Waals surface area contributed by atoms with Crippen LogP contribution in [0, 0.1) is 32.1 Å². The Morgan fingerprint density at radius 1 is 1.27 bits per heavy atom. The third-order valence-corrected chi connectivity index (χ3v) is 5.47. The van der Waals surface area contributed by atoms with E-state index in [0.29, 0.717) is 11.4 Å². The van der Waals surface area contributed by atoms with Gasteiger partial charge in [0, 0.05) is 17.7 Å². The second kappa shape index (κ2) is 6.19. The number of hydrogen-bond donors (Lipinski definition) is 1. The number of nitrogens with zero attached hydrogens (tertiary/aromatic N) is 4. The molecule has 6 heteroatoms. The van der Waals surface area contributed by atoms with Crippen LogP contribution in [0.25, 0.3) is 16.6 Å². The van der Waals surface area contributed by atoms with Crippen LogP contribution < -0.4 is 5.73 Å². The Hall–Kier alpha value is -2.78. The van der Waals surface area contributed by atoms with Gasteiger partial charge in [0.05, 0.1) is 23.0 Å². The Kier molecular flexibility index (Phi) is 3.97. The van der Waals surface area contributed by atoms with Gasteiger partial charge in [-0.25, -0.2) is 4.68 Å². The van der Waals surface area contributed by atoms with E-state index in [0.717, 1.165) is 59.3 Å². The summed E-state index contributed by atoms with van der Waals surface area (Å²) in [7, 11) is 0. The van der Waals surface area contributed by atoms with Crippen LogP contribution in [0.4, 0.5) is 5.82 Å². The molecule has 3 heterocycles. The number of aryl methyl sites for hydroxylation is 1. The van der Waals surface area contributed by atoms with Gasteiger partial charge in [-0.05, 0) is 57.2 Å². The fraction of sp³-hybridized carbons (Fsp3) is 0.400. The predicted molar refractivity (Wildman–Crippen MR) is 101 cm³/mol. The van der Waals surface area contributed by atoms with Crippen molar-refractivity contribution in [3.05, 3.63) is 40.7 Å². The molecule has 4 rings (SSSR count). The molecule has 1 aliphatic heterocycles. The number of hydrogen-bond acceptors (Lipinski definition) is 4. The van der Waals surface area contributed by atoms with Gasteiger partial charge in [0.2, 0.25) is 0 Å². The minimum absolute atomic E-state index is 0.0173. The lowest BCUT2D eigenvalue weighted by atomic mass is 10.1. The number of aromatic nitrogens is 3. The summed E-state index contributed by atoms with van der Waals surface area (Å²) in [5.41, 5.74) is 11.9. The number of anilines is 1. The summed E-state index contributed by atoms with van der Waals surface area (Å²) in [6.07, 6.45) is 5.10. The van der Waals surface area contributed by atoms with E-state index < -0.39 is 0 Å². The Bertz CT molecular complexity index is 1030. The molecule has 1 unspecified atom stereocenters. The Labute approximate surface area is 152 Å². The number of benzene rings is 1. The fourth-order valence-corrected chi connectivity index (χ4v) is 3.92. The van der Waals surface area contributed by atoms with Crippen molar-refractivity contribution in [2.24, 2.45) is 0 Å². The highest BCUT2D eigenvalue weighted by Gasteiger charge is 2.23. The van der Waals surface area contributed by atoms with E-state index in [2.05, 4.69) is 30.2 Å². The minimum Gasteiger partial charge on any atom is -0.384 e. The molecule has 6 nitrogen and oxygen atoms in total. The van der Waals surface area contributed by atoms with Crippen molar-refractivity contribution in [2.75, 3.05) is 12.3 Å². The maximum atomic E-state index is 9.46. The van der Waals surface area contributed by atoms with Crippen molar-refractivity contribution in [3.63, 3.8) is 0 Å². The average Bonchev–Trinajstić information content (AvgIpc) is 3.16. The lowest BCUT2D eigenvalue weighted by molar-refractivity contribution is -0.0366. The van der Waals surface area contributed by atoms with Crippen molar-refractivity contribution < 1.29 is 4.74 Å². The van der Waals surface area contributed by atoms with Crippen molar-refractivity contribution in [3.8, 4) is 11.8 Å². The molecule has 0 saturated carbocycles. The van der Waals surface area contributed by atoms with Crippen LogP contribution in [-0.2, 0) is 4.74 Å². The number of nitrogen functional groups attached to an aromatic ring is 1. The normalized spacial score (nSPS) is 17.5. The van der Waals surface area contributed by atoms with Gasteiger partial charge in [0.15, 0.2) is 6.23 Å². The van der Waals surface area contributed by atoms with Crippen molar-refractivity contribution in [1.82, 2.24) is 14.3 Å². The first kappa shape index (κ1) is 16.7. The molecule has 134 valence electrons. The standard InChI is InChI=1S/C20H23N5O/c1-12-7-8-17-16(11-23-25(17)18-6-4-5-9-26-18)19(12)24-14(3)13(2)15(10-21)20(24)22/h7-8,11,18H,4-6,9,22H2,1-3H3. The van der Waals surface area contributed by atoms with Gasteiger partial charge in [0.25, 0.3) is 0 Å². The second-order valence-corrected chi connectivity index (χ2v) is 6.99. The van der Waals surface area contributed by atoms with E-state index in [4.69, 9.17) is 10.5 Å². The molecule has 0 aliphatic carbocycles. The summed E-state index contributed by atoms with van der Waals surface area (Å²) >= 11 is 0. The van der Waals surface area contributed by atoms with Gasteiger partial charge < -0.3 is 10.5 Å². The van der Waals surface area contributed by atoms with Crippen LogP contribution in [0.1, 0.15) is 47.9 Å². The van der Waals surface area contributed by atoms with Crippen LogP contribution in [0.3, 0.4) is 0 Å². The highest BCUT2D eigenvalue weighted by Crippen LogP contribution is 2.35. The molecule has 2 N–H and O–H groups in total. The van der Waals surface area contributed by atoms with Crippen LogP contribution in [0.5, 0.6) is 0 Å². The zero-order valence-electron chi connectivity index (χ0n) is 15.4. The number of nitrogens with two attached hydrogens (primary N) is 1. The molecule has 0 bridgehead atoms. The maximum Gasteiger partial charge on any atom is 0.150 e.